The number of amides is 2. The van der Waals surface area contributed by atoms with E-state index in [1.807, 2.05) is 51.1 Å². The molecule has 3 fully saturated rings. The number of esters is 1. The molecule has 3 saturated heterocycles. The Morgan fingerprint density at radius 1 is 0.938 bits per heavy atom. The minimum absolute atomic E-state index is 0.00480. The number of carbonyl (C=O) groups is 2. The van der Waals surface area contributed by atoms with Gasteiger partial charge in [-0.05, 0) is 99.2 Å². The molecule has 18 atom stereocenters. The van der Waals surface area contributed by atoms with Crippen LogP contribution >= 0.6 is 0 Å². The quantitative estimate of drug-likeness (QED) is 0.175. The molecule has 368 valence electrons. The summed E-state index contributed by atoms with van der Waals surface area (Å²) in [4.78, 5) is 31.3. The lowest BCUT2D eigenvalue weighted by atomic mass is 9.75. The number of nitrogens with one attached hydrogen (secondary N) is 1. The van der Waals surface area contributed by atoms with Crippen molar-refractivity contribution in [3.8, 4) is 0 Å². The normalized spacial score (nSPS) is 43.1. The highest BCUT2D eigenvalue weighted by Crippen LogP contribution is 2.43. The second-order valence-electron chi connectivity index (χ2n) is 19.5. The van der Waals surface area contributed by atoms with Crippen molar-refractivity contribution in [2.45, 2.75) is 192 Å². The number of nitrogens with zero attached hydrogens (tertiary/aromatic N) is 2. The van der Waals surface area contributed by atoms with Crippen LogP contribution in [-0.4, -0.2) is 173 Å². The van der Waals surface area contributed by atoms with Crippen molar-refractivity contribution in [3.05, 3.63) is 30.3 Å². The maximum atomic E-state index is 14.5. The number of urea groups is 1. The molecule has 3 aliphatic rings. The fourth-order valence-corrected chi connectivity index (χ4v) is 9.96. The minimum Gasteiger partial charge on any atom is -0.459 e. The van der Waals surface area contributed by atoms with Gasteiger partial charge in [0.1, 0.15) is 35.1 Å². The van der Waals surface area contributed by atoms with Crippen LogP contribution in [-0.2, 0) is 38.0 Å². The van der Waals surface area contributed by atoms with Crippen LogP contribution in [0.1, 0.15) is 102 Å². The number of rotatable bonds is 11. The second kappa shape index (κ2) is 22.1. The highest BCUT2D eigenvalue weighted by atomic mass is 16.7. The summed E-state index contributed by atoms with van der Waals surface area (Å²) in [5.41, 5.74) is -5.72. The van der Waals surface area contributed by atoms with Crippen molar-refractivity contribution >= 4 is 17.7 Å². The maximum Gasteiger partial charge on any atom is 0.324 e. The Kier molecular flexibility index (Phi) is 18.6. The number of aliphatic hydroxyl groups is 5. The number of hydrogen-bond donors (Lipinski definition) is 6. The highest BCUT2D eigenvalue weighted by Gasteiger charge is 2.59. The zero-order chi connectivity index (χ0) is 48.1. The number of aliphatic hydroxyl groups excluding tert-OH is 2. The molecule has 17 nitrogen and oxygen atoms in total. The van der Waals surface area contributed by atoms with E-state index in [1.165, 1.54) is 23.8 Å². The van der Waals surface area contributed by atoms with E-state index in [-0.39, 0.29) is 44.2 Å². The van der Waals surface area contributed by atoms with Crippen molar-refractivity contribution in [2.24, 2.45) is 17.8 Å². The van der Waals surface area contributed by atoms with Crippen LogP contribution in [0.5, 0.6) is 0 Å². The molecule has 2 amide bonds. The molecule has 6 N–H and O–H groups in total. The number of benzene rings is 1. The van der Waals surface area contributed by atoms with Gasteiger partial charge in [-0.1, -0.05) is 39.0 Å². The number of cyclic esters (lactones) is 1. The molecule has 0 saturated carbocycles. The smallest absolute Gasteiger partial charge is 0.324 e. The van der Waals surface area contributed by atoms with Gasteiger partial charge in [0.05, 0.1) is 48.6 Å². The van der Waals surface area contributed by atoms with E-state index in [2.05, 4.69) is 5.32 Å². The fourth-order valence-electron chi connectivity index (χ4n) is 9.96. The SMILES string of the molecule is CCOC[C@]1(O)[C@H](C)O[C@@H](O[C@H]2[C@H](C)[C@@H](O[C@@H]3O[C@H](C)C[C@H](N(C)C(=O)N(C)c4ccccc4)[C@H]3O)[C@](C)(O)C[C@@H](C)CN[C@H](C)[C@@H](O)[C@](C)(O)[C@@H](CC)OC(=O)[C@@H]2C)C[C@@]1(C)OC. The Bertz CT molecular complexity index is 1640. The third-order valence-electron chi connectivity index (χ3n) is 14.3. The summed E-state index contributed by atoms with van der Waals surface area (Å²) in [5.74, 6) is -3.01. The average molecular weight is 912 g/mol. The summed E-state index contributed by atoms with van der Waals surface area (Å²) >= 11 is 0. The molecule has 1 aromatic rings. The van der Waals surface area contributed by atoms with E-state index in [0.717, 1.165) is 0 Å². The van der Waals surface area contributed by atoms with Gasteiger partial charge in [-0.25, -0.2) is 4.79 Å². The average Bonchev–Trinajstić information content (AvgIpc) is 3.25. The zero-order valence-electron chi connectivity index (χ0n) is 40.7. The Balaban J connectivity index is 1.80. The highest BCUT2D eigenvalue weighted by molar-refractivity contribution is 5.91. The number of methoxy groups -OCH3 is 1. The molecule has 0 spiro atoms. The molecular weight excluding hydrogens is 831 g/mol. The number of para-hydroxylation sites is 1. The molecule has 64 heavy (non-hydrogen) atoms. The van der Waals surface area contributed by atoms with Gasteiger partial charge in [-0.3, -0.25) is 9.69 Å². The number of ether oxygens (including phenoxy) is 7. The molecule has 3 aliphatic heterocycles. The first-order chi connectivity index (χ1) is 29.8. The summed E-state index contributed by atoms with van der Waals surface area (Å²) < 4.78 is 44.1. The lowest BCUT2D eigenvalue weighted by molar-refractivity contribution is -0.343. The number of anilines is 1. The van der Waals surface area contributed by atoms with E-state index in [0.29, 0.717) is 18.8 Å². The zero-order valence-corrected chi connectivity index (χ0v) is 40.7. The molecule has 4 rings (SSSR count). The van der Waals surface area contributed by atoms with Crippen LogP contribution in [0.4, 0.5) is 10.5 Å². The van der Waals surface area contributed by atoms with Gasteiger partial charge in [0.25, 0.3) is 0 Å². The van der Waals surface area contributed by atoms with Gasteiger partial charge in [0.15, 0.2) is 12.6 Å². The lowest BCUT2D eigenvalue weighted by Gasteiger charge is -2.53. The Labute approximate surface area is 381 Å². The summed E-state index contributed by atoms with van der Waals surface area (Å²) in [5, 5.41) is 63.3. The van der Waals surface area contributed by atoms with Crippen LogP contribution in [0.15, 0.2) is 30.3 Å². The van der Waals surface area contributed by atoms with Gasteiger partial charge in [-0.2, -0.15) is 0 Å². The van der Waals surface area contributed by atoms with Gasteiger partial charge < -0.3 is 68.9 Å². The molecule has 0 bridgehead atoms. The van der Waals surface area contributed by atoms with Crippen LogP contribution in [0.25, 0.3) is 0 Å². The van der Waals surface area contributed by atoms with E-state index < -0.39 is 108 Å². The van der Waals surface area contributed by atoms with Gasteiger partial charge in [0.2, 0.25) is 0 Å². The fraction of sp³-hybridized carbons (Fsp3) is 0.830. The molecule has 0 aliphatic carbocycles. The Morgan fingerprint density at radius 2 is 1.58 bits per heavy atom. The summed E-state index contributed by atoms with van der Waals surface area (Å²) in [6.45, 7) is 19.5. The molecule has 0 radical (unpaired) electrons. The number of carbonyl (C=O) groups excluding carboxylic acids is 2. The minimum atomic E-state index is -1.86. The third kappa shape index (κ3) is 11.8. The Morgan fingerprint density at radius 3 is 2.17 bits per heavy atom. The van der Waals surface area contributed by atoms with Crippen molar-refractivity contribution in [3.63, 3.8) is 0 Å². The van der Waals surface area contributed by atoms with Gasteiger partial charge in [-0.15, -0.1) is 0 Å². The third-order valence-corrected chi connectivity index (χ3v) is 14.3. The lowest BCUT2D eigenvalue weighted by Crippen LogP contribution is -2.68. The molecular formula is C47H81N3O14. The summed E-state index contributed by atoms with van der Waals surface area (Å²) in [6.07, 6.45) is -9.41. The molecule has 0 unspecified atom stereocenters. The van der Waals surface area contributed by atoms with Crippen LogP contribution in [0.2, 0.25) is 0 Å². The van der Waals surface area contributed by atoms with Gasteiger partial charge >= 0.3 is 12.0 Å². The van der Waals surface area contributed by atoms with E-state index >= 15 is 0 Å². The number of likely N-dealkylation sites (N-methyl/N-ethyl adjacent to an activating group) is 1. The van der Waals surface area contributed by atoms with Crippen molar-refractivity contribution in [2.75, 3.05) is 45.9 Å². The van der Waals surface area contributed by atoms with Crippen LogP contribution < -0.4 is 10.2 Å². The molecule has 3 heterocycles. The first-order valence-corrected chi connectivity index (χ1v) is 23.1. The van der Waals surface area contributed by atoms with Crippen molar-refractivity contribution in [1.29, 1.82) is 0 Å². The van der Waals surface area contributed by atoms with Crippen LogP contribution in [0, 0.1) is 17.8 Å². The monoisotopic (exact) mass is 912 g/mol. The number of hydrogen-bond acceptors (Lipinski definition) is 15. The standard InChI is InChI=1S/C47H81N3O14/c1-15-35-46(11,56)39(52)31(7)48-25-27(3)23-44(9,55)40(64-42-37(51)34(22-28(4)60-42)50(13)43(54)49(12)33-20-18-17-19-21-33)29(5)38(30(6)41(53)62-35)63-36-24-45(10,58-14)47(57,26-59-16-2)32(8)61-36/h17-21,27-32,34-40,42,48,51-52,55-57H,15-16,22-26H2,1-14H3/t27-,28-,29+,30-,31-,32+,34+,35-,36+,37-,38+,39-,40-,42+,44-,45-,46-,47+/m1/s1. The second-order valence-corrected chi connectivity index (χ2v) is 19.5. The van der Waals surface area contributed by atoms with Gasteiger partial charge in [0, 0.05) is 51.9 Å². The van der Waals surface area contributed by atoms with E-state index in [1.54, 1.807) is 62.6 Å². The predicted octanol–water partition coefficient (Wildman–Crippen LogP) is 3.59. The van der Waals surface area contributed by atoms with E-state index in [4.69, 9.17) is 33.2 Å². The van der Waals surface area contributed by atoms with E-state index in [9.17, 15) is 35.1 Å². The predicted molar refractivity (Wildman–Crippen MR) is 239 cm³/mol. The topological polar surface area (TPSA) is 218 Å². The summed E-state index contributed by atoms with van der Waals surface area (Å²) in [7, 11) is 4.76. The molecule has 17 heteroatoms. The molecule has 0 aromatic heterocycles. The van der Waals surface area contributed by atoms with Crippen molar-refractivity contribution in [1.82, 2.24) is 10.2 Å². The van der Waals surface area contributed by atoms with Crippen molar-refractivity contribution < 1.29 is 68.3 Å². The molecule has 1 aromatic carbocycles. The summed E-state index contributed by atoms with van der Waals surface area (Å²) in [6, 6.07) is 7.38. The maximum absolute atomic E-state index is 14.5. The first-order valence-electron chi connectivity index (χ1n) is 23.1. The Hall–Kier alpha value is -2.52. The van der Waals surface area contributed by atoms with Crippen LogP contribution in [0.3, 0.4) is 0 Å². The first kappa shape index (κ1) is 54.1. The largest absolute Gasteiger partial charge is 0.459 e.